The van der Waals surface area contributed by atoms with Crippen molar-refractivity contribution in [3.63, 3.8) is 0 Å². The summed E-state index contributed by atoms with van der Waals surface area (Å²) in [5.41, 5.74) is 1.67. The second kappa shape index (κ2) is 8.14. The van der Waals surface area contributed by atoms with E-state index < -0.39 is 6.03 Å². The number of rotatable bonds is 4. The van der Waals surface area contributed by atoms with E-state index in [4.69, 9.17) is 4.74 Å². The van der Waals surface area contributed by atoms with Crippen molar-refractivity contribution in [1.82, 2.24) is 10.3 Å². The molecule has 0 radical (unpaired) electrons. The summed E-state index contributed by atoms with van der Waals surface area (Å²) >= 11 is 0. The predicted octanol–water partition coefficient (Wildman–Crippen LogP) is 3.16. The summed E-state index contributed by atoms with van der Waals surface area (Å²) < 4.78 is 20.2. The Morgan fingerprint density at radius 2 is 2.04 bits per heavy atom. The van der Waals surface area contributed by atoms with Gasteiger partial charge < -0.3 is 20.3 Å². The largest absolute Gasteiger partial charge is 0.372 e. The first-order chi connectivity index (χ1) is 12.5. The van der Waals surface area contributed by atoms with Gasteiger partial charge in [-0.1, -0.05) is 6.07 Å². The summed E-state index contributed by atoms with van der Waals surface area (Å²) in [6.45, 7) is 5.53. The van der Waals surface area contributed by atoms with Crippen LogP contribution in [-0.2, 0) is 11.3 Å². The number of morpholine rings is 1. The van der Waals surface area contributed by atoms with Crippen molar-refractivity contribution in [2.75, 3.05) is 23.3 Å². The number of pyridine rings is 1. The molecule has 1 aromatic heterocycles. The molecule has 1 saturated heterocycles. The molecule has 0 saturated carbocycles. The maximum Gasteiger partial charge on any atom is 0.319 e. The number of carbonyl (C=O) groups excluding carboxylic acids is 1. The van der Waals surface area contributed by atoms with Gasteiger partial charge in [0, 0.05) is 25.0 Å². The van der Waals surface area contributed by atoms with E-state index in [9.17, 15) is 9.18 Å². The number of carbonyl (C=O) groups is 1. The van der Waals surface area contributed by atoms with E-state index in [0.29, 0.717) is 31.0 Å². The molecule has 6 nitrogen and oxygen atoms in total. The zero-order valence-corrected chi connectivity index (χ0v) is 14.9. The molecule has 138 valence electrons. The zero-order valence-electron chi connectivity index (χ0n) is 14.9. The molecule has 7 heteroatoms. The van der Waals surface area contributed by atoms with Crippen molar-refractivity contribution in [3.05, 3.63) is 54.1 Å². The van der Waals surface area contributed by atoms with Gasteiger partial charge in [0.25, 0.3) is 0 Å². The molecule has 1 aromatic carbocycles. The van der Waals surface area contributed by atoms with Gasteiger partial charge in [0.05, 0.1) is 30.1 Å². The molecule has 2 amide bonds. The van der Waals surface area contributed by atoms with Crippen LogP contribution < -0.4 is 15.5 Å². The van der Waals surface area contributed by atoms with E-state index >= 15 is 0 Å². The highest BCUT2D eigenvalue weighted by Crippen LogP contribution is 2.26. The number of nitrogens with one attached hydrogen (secondary N) is 2. The maximum atomic E-state index is 14.5. The zero-order chi connectivity index (χ0) is 18.5. The summed E-state index contributed by atoms with van der Waals surface area (Å²) in [5, 5.41) is 5.33. The molecule has 2 atom stereocenters. The van der Waals surface area contributed by atoms with Crippen LogP contribution in [0.5, 0.6) is 0 Å². The molecule has 1 aliphatic heterocycles. The molecule has 0 aliphatic carbocycles. The first-order valence-electron chi connectivity index (χ1n) is 8.66. The van der Waals surface area contributed by atoms with Crippen LogP contribution in [0.3, 0.4) is 0 Å². The second-order valence-corrected chi connectivity index (χ2v) is 6.46. The highest BCUT2D eigenvalue weighted by molar-refractivity contribution is 5.89. The maximum absolute atomic E-state index is 14.5. The Hall–Kier alpha value is -2.67. The lowest BCUT2D eigenvalue weighted by Crippen LogP contribution is -2.45. The van der Waals surface area contributed by atoms with Crippen molar-refractivity contribution >= 4 is 17.4 Å². The van der Waals surface area contributed by atoms with Crippen molar-refractivity contribution in [2.45, 2.75) is 32.6 Å². The Bertz CT molecular complexity index is 746. The first kappa shape index (κ1) is 18.1. The van der Waals surface area contributed by atoms with Crippen molar-refractivity contribution in [3.8, 4) is 0 Å². The van der Waals surface area contributed by atoms with Crippen LogP contribution in [0.4, 0.5) is 20.6 Å². The number of anilines is 2. The van der Waals surface area contributed by atoms with Gasteiger partial charge in [0.1, 0.15) is 5.82 Å². The lowest BCUT2D eigenvalue weighted by Gasteiger charge is -2.37. The molecule has 2 aromatic rings. The fourth-order valence-electron chi connectivity index (χ4n) is 3.06. The molecule has 26 heavy (non-hydrogen) atoms. The Morgan fingerprint density at radius 3 is 2.69 bits per heavy atom. The number of ether oxygens (including phenoxy) is 1. The molecule has 1 fully saturated rings. The van der Waals surface area contributed by atoms with Gasteiger partial charge in [-0.15, -0.1) is 0 Å². The van der Waals surface area contributed by atoms with Gasteiger partial charge in [-0.25, -0.2) is 9.18 Å². The summed E-state index contributed by atoms with van der Waals surface area (Å²) in [7, 11) is 0. The highest BCUT2D eigenvalue weighted by atomic mass is 19.1. The van der Waals surface area contributed by atoms with Crippen LogP contribution in [0, 0.1) is 5.82 Å². The van der Waals surface area contributed by atoms with Crippen molar-refractivity contribution in [1.29, 1.82) is 0 Å². The van der Waals surface area contributed by atoms with Crippen LogP contribution >= 0.6 is 0 Å². The second-order valence-electron chi connectivity index (χ2n) is 6.46. The Morgan fingerprint density at radius 1 is 1.27 bits per heavy atom. The van der Waals surface area contributed by atoms with Crippen LogP contribution in [0.15, 0.2) is 42.6 Å². The van der Waals surface area contributed by atoms with E-state index in [2.05, 4.69) is 15.6 Å². The van der Waals surface area contributed by atoms with E-state index in [1.165, 1.54) is 6.07 Å². The van der Waals surface area contributed by atoms with Crippen molar-refractivity contribution < 1.29 is 13.9 Å². The monoisotopic (exact) mass is 358 g/mol. The third-order valence-electron chi connectivity index (χ3n) is 4.12. The fourth-order valence-corrected chi connectivity index (χ4v) is 3.06. The number of amides is 2. The number of aromatic nitrogens is 1. The molecular weight excluding hydrogens is 335 g/mol. The quantitative estimate of drug-likeness (QED) is 0.881. The third kappa shape index (κ3) is 4.70. The number of urea groups is 1. The Kier molecular flexibility index (Phi) is 5.68. The fraction of sp³-hybridized carbons (Fsp3) is 0.368. The topological polar surface area (TPSA) is 66.5 Å². The molecular formula is C19H23FN4O2. The summed E-state index contributed by atoms with van der Waals surface area (Å²) in [6, 6.07) is 9.79. The first-order valence-corrected chi connectivity index (χ1v) is 8.66. The highest BCUT2D eigenvalue weighted by Gasteiger charge is 2.24. The molecule has 0 spiro atoms. The number of halogens is 1. The van der Waals surface area contributed by atoms with Gasteiger partial charge >= 0.3 is 6.03 Å². The number of hydrogen-bond acceptors (Lipinski definition) is 4. The molecule has 3 rings (SSSR count). The smallest absolute Gasteiger partial charge is 0.319 e. The lowest BCUT2D eigenvalue weighted by molar-refractivity contribution is -0.00539. The number of nitrogens with zero attached hydrogens (tertiary/aromatic N) is 2. The number of hydrogen-bond donors (Lipinski definition) is 2. The predicted molar refractivity (Wildman–Crippen MR) is 98.7 cm³/mol. The minimum atomic E-state index is -0.406. The SMILES string of the molecule is C[C@@H]1CN(c2ccc(NC(=O)NCc3ccccn3)cc2F)C[C@@H](C)O1. The Labute approximate surface area is 152 Å². The third-order valence-corrected chi connectivity index (χ3v) is 4.12. The minimum absolute atomic E-state index is 0.0494. The standard InChI is InChI=1S/C19H23FN4O2/c1-13-11-24(12-14(2)26-13)18-7-6-15(9-17(18)20)23-19(25)22-10-16-5-3-4-8-21-16/h3-9,13-14H,10-12H2,1-2H3,(H2,22,23,25)/t13-,14-/m1/s1. The summed E-state index contributed by atoms with van der Waals surface area (Å²) in [4.78, 5) is 18.1. The van der Waals surface area contributed by atoms with Gasteiger partial charge in [-0.2, -0.15) is 0 Å². The molecule has 2 N–H and O–H groups in total. The summed E-state index contributed by atoms with van der Waals surface area (Å²) in [5.74, 6) is -0.367. The molecule has 0 bridgehead atoms. The van der Waals surface area contributed by atoms with Crippen LogP contribution in [0.25, 0.3) is 0 Å². The van der Waals surface area contributed by atoms with Gasteiger partial charge in [-0.3, -0.25) is 4.98 Å². The van der Waals surface area contributed by atoms with E-state index in [-0.39, 0.29) is 18.0 Å². The molecule has 1 aliphatic rings. The number of benzene rings is 1. The van der Waals surface area contributed by atoms with Gasteiger partial charge in [-0.05, 0) is 44.2 Å². The van der Waals surface area contributed by atoms with E-state index in [1.54, 1.807) is 18.3 Å². The lowest BCUT2D eigenvalue weighted by atomic mass is 10.2. The Balaban J connectivity index is 1.59. The molecule has 2 heterocycles. The average molecular weight is 358 g/mol. The van der Waals surface area contributed by atoms with Crippen LogP contribution in [0.2, 0.25) is 0 Å². The van der Waals surface area contributed by atoms with E-state index in [1.807, 2.05) is 36.9 Å². The van der Waals surface area contributed by atoms with Crippen LogP contribution in [-0.4, -0.2) is 36.3 Å². The van der Waals surface area contributed by atoms with Gasteiger partial charge in [0.2, 0.25) is 0 Å². The minimum Gasteiger partial charge on any atom is -0.372 e. The average Bonchev–Trinajstić information content (AvgIpc) is 2.60. The molecule has 0 unspecified atom stereocenters. The van der Waals surface area contributed by atoms with E-state index in [0.717, 1.165) is 5.69 Å². The van der Waals surface area contributed by atoms with Crippen LogP contribution in [0.1, 0.15) is 19.5 Å². The van der Waals surface area contributed by atoms with Gasteiger partial charge in [0.15, 0.2) is 0 Å². The van der Waals surface area contributed by atoms with Crippen molar-refractivity contribution in [2.24, 2.45) is 0 Å². The normalized spacial score (nSPS) is 19.9. The summed E-state index contributed by atoms with van der Waals surface area (Å²) in [6.07, 6.45) is 1.76.